The molecule has 1 amide bonds. The number of carbonyl (C=O) groups is 1. The zero-order valence-corrected chi connectivity index (χ0v) is 12.8. The number of carbonyl (C=O) groups excluding carboxylic acids is 1. The lowest BCUT2D eigenvalue weighted by Gasteiger charge is -2.24. The van der Waals surface area contributed by atoms with Crippen molar-refractivity contribution in [2.45, 2.75) is 32.2 Å². The number of methoxy groups -OCH3 is 1. The van der Waals surface area contributed by atoms with Gasteiger partial charge in [-0.3, -0.25) is 19.4 Å². The van der Waals surface area contributed by atoms with Gasteiger partial charge in [0.25, 0.3) is 5.56 Å². The Labute approximate surface area is 128 Å². The molecule has 1 atom stereocenters. The third kappa shape index (κ3) is 2.30. The topological polar surface area (TPSA) is 76.1 Å². The van der Waals surface area contributed by atoms with Gasteiger partial charge in [-0.1, -0.05) is 12.1 Å². The van der Waals surface area contributed by atoms with E-state index in [9.17, 15) is 9.59 Å². The molecule has 6 nitrogen and oxygen atoms in total. The molecule has 0 unspecified atom stereocenters. The van der Waals surface area contributed by atoms with Gasteiger partial charge < -0.3 is 10.1 Å². The van der Waals surface area contributed by atoms with E-state index < -0.39 is 0 Å². The summed E-state index contributed by atoms with van der Waals surface area (Å²) in [6, 6.07) is 7.56. The molecule has 0 aliphatic carbocycles. The van der Waals surface area contributed by atoms with Crippen LogP contribution in [0.15, 0.2) is 29.1 Å². The van der Waals surface area contributed by atoms with Crippen LogP contribution in [0.1, 0.15) is 43.4 Å². The Morgan fingerprint density at radius 3 is 2.77 bits per heavy atom. The second kappa shape index (κ2) is 5.36. The minimum Gasteiger partial charge on any atom is -0.497 e. The van der Waals surface area contributed by atoms with Crippen molar-refractivity contribution in [2.24, 2.45) is 0 Å². The predicted octanol–water partition coefficient (Wildman–Crippen LogP) is 2.24. The molecule has 0 saturated heterocycles. The molecule has 116 valence electrons. The lowest BCUT2D eigenvalue weighted by molar-refractivity contribution is -0.116. The molecule has 0 bridgehead atoms. The molecule has 0 spiro atoms. The third-order valence-corrected chi connectivity index (χ3v) is 3.97. The van der Waals surface area contributed by atoms with E-state index in [1.165, 1.54) is 0 Å². The molecule has 1 aliphatic heterocycles. The molecule has 0 radical (unpaired) electrons. The maximum Gasteiger partial charge on any atom is 0.270 e. The SMILES string of the molecule is COc1cccc([C@@H]2CC(=O)Nc3c2c(=O)[nH]n3C(C)C)c1. The Morgan fingerprint density at radius 1 is 1.32 bits per heavy atom. The molecule has 0 saturated carbocycles. The molecule has 3 rings (SSSR count). The number of anilines is 1. The summed E-state index contributed by atoms with van der Waals surface area (Å²) < 4.78 is 6.95. The van der Waals surface area contributed by atoms with Gasteiger partial charge in [-0.2, -0.15) is 0 Å². The van der Waals surface area contributed by atoms with Crippen LogP contribution in [0, 0.1) is 0 Å². The van der Waals surface area contributed by atoms with Crippen LogP contribution in [0.4, 0.5) is 5.82 Å². The van der Waals surface area contributed by atoms with Crippen LogP contribution in [0.5, 0.6) is 5.75 Å². The summed E-state index contributed by atoms with van der Waals surface area (Å²) in [5.41, 5.74) is 1.36. The molecule has 1 aliphatic rings. The molecule has 2 N–H and O–H groups in total. The number of aromatic nitrogens is 2. The molecule has 6 heteroatoms. The Kier molecular flexibility index (Phi) is 3.52. The Morgan fingerprint density at radius 2 is 2.09 bits per heavy atom. The monoisotopic (exact) mass is 301 g/mol. The standard InChI is InChI=1S/C16H19N3O3/c1-9(2)19-15-14(16(21)18-19)12(8-13(20)17-15)10-5-4-6-11(7-10)22-3/h4-7,9,12H,8H2,1-3H3,(H,17,20)(H,18,21)/t12-/m0/s1. The summed E-state index contributed by atoms with van der Waals surface area (Å²) >= 11 is 0. The number of benzene rings is 1. The van der Waals surface area contributed by atoms with Crippen molar-refractivity contribution in [2.75, 3.05) is 12.4 Å². The normalized spacial score (nSPS) is 17.3. The number of rotatable bonds is 3. The summed E-state index contributed by atoms with van der Waals surface area (Å²) in [6.45, 7) is 3.91. The summed E-state index contributed by atoms with van der Waals surface area (Å²) in [5.74, 6) is 0.935. The maximum atomic E-state index is 12.4. The van der Waals surface area contributed by atoms with Crippen LogP contribution >= 0.6 is 0 Å². The first-order chi connectivity index (χ1) is 10.5. The average Bonchev–Trinajstić information content (AvgIpc) is 2.83. The first-order valence-electron chi connectivity index (χ1n) is 7.29. The van der Waals surface area contributed by atoms with Crippen LogP contribution in [-0.4, -0.2) is 22.8 Å². The molecule has 22 heavy (non-hydrogen) atoms. The van der Waals surface area contributed by atoms with Crippen molar-refractivity contribution in [3.05, 3.63) is 45.7 Å². The van der Waals surface area contributed by atoms with Crippen LogP contribution in [-0.2, 0) is 4.79 Å². The number of aromatic amines is 1. The van der Waals surface area contributed by atoms with Crippen molar-refractivity contribution in [3.8, 4) is 5.75 Å². The van der Waals surface area contributed by atoms with E-state index in [0.29, 0.717) is 17.1 Å². The number of ether oxygens (including phenoxy) is 1. The Balaban J connectivity index is 2.16. The fourth-order valence-corrected chi connectivity index (χ4v) is 2.91. The zero-order valence-electron chi connectivity index (χ0n) is 12.8. The quantitative estimate of drug-likeness (QED) is 0.913. The van der Waals surface area contributed by atoms with Gasteiger partial charge >= 0.3 is 0 Å². The van der Waals surface area contributed by atoms with Crippen molar-refractivity contribution in [3.63, 3.8) is 0 Å². The van der Waals surface area contributed by atoms with Crippen LogP contribution in [0.25, 0.3) is 0 Å². The zero-order chi connectivity index (χ0) is 15.9. The molecule has 1 aromatic carbocycles. The number of H-pyrrole nitrogens is 1. The first-order valence-corrected chi connectivity index (χ1v) is 7.29. The number of nitrogens with zero attached hydrogens (tertiary/aromatic N) is 1. The van der Waals surface area contributed by atoms with Crippen LogP contribution in [0.3, 0.4) is 0 Å². The van der Waals surface area contributed by atoms with Gasteiger partial charge in [0.1, 0.15) is 11.6 Å². The number of fused-ring (bicyclic) bond motifs is 1. The largest absolute Gasteiger partial charge is 0.497 e. The molecule has 0 fully saturated rings. The number of hydrogen-bond donors (Lipinski definition) is 2. The lowest BCUT2D eigenvalue weighted by Crippen LogP contribution is -2.27. The molecular weight excluding hydrogens is 282 g/mol. The van der Waals surface area contributed by atoms with E-state index in [0.717, 1.165) is 5.56 Å². The van der Waals surface area contributed by atoms with E-state index >= 15 is 0 Å². The third-order valence-electron chi connectivity index (χ3n) is 3.97. The van der Waals surface area contributed by atoms with Crippen LogP contribution in [0.2, 0.25) is 0 Å². The van der Waals surface area contributed by atoms with Gasteiger partial charge in [0.15, 0.2) is 0 Å². The highest BCUT2D eigenvalue weighted by molar-refractivity contribution is 5.94. The number of amides is 1. The van der Waals surface area contributed by atoms with Gasteiger partial charge in [-0.15, -0.1) is 0 Å². The van der Waals surface area contributed by atoms with Gasteiger partial charge in [-0.25, -0.2) is 0 Å². The average molecular weight is 301 g/mol. The van der Waals surface area contributed by atoms with Gasteiger partial charge in [0.05, 0.1) is 12.7 Å². The maximum absolute atomic E-state index is 12.4. The highest BCUT2D eigenvalue weighted by atomic mass is 16.5. The molecule has 2 aromatic rings. The van der Waals surface area contributed by atoms with Crippen molar-refractivity contribution >= 4 is 11.7 Å². The summed E-state index contributed by atoms with van der Waals surface area (Å²) in [4.78, 5) is 24.5. The van der Waals surface area contributed by atoms with Gasteiger partial charge in [0, 0.05) is 18.4 Å². The van der Waals surface area contributed by atoms with E-state index in [4.69, 9.17) is 4.74 Å². The van der Waals surface area contributed by atoms with Crippen LogP contribution < -0.4 is 15.6 Å². The minimum atomic E-state index is -0.261. The second-order valence-corrected chi connectivity index (χ2v) is 5.75. The van der Waals surface area contributed by atoms with Gasteiger partial charge in [0.2, 0.25) is 5.91 Å². The van der Waals surface area contributed by atoms with E-state index in [2.05, 4.69) is 10.4 Å². The Hall–Kier alpha value is -2.50. The smallest absolute Gasteiger partial charge is 0.270 e. The lowest BCUT2D eigenvalue weighted by atomic mass is 9.87. The van der Waals surface area contributed by atoms with Crippen molar-refractivity contribution in [1.82, 2.24) is 9.78 Å². The predicted molar refractivity (Wildman–Crippen MR) is 83.5 cm³/mol. The summed E-state index contributed by atoms with van der Waals surface area (Å²) in [6.07, 6.45) is 0.255. The highest BCUT2D eigenvalue weighted by Crippen LogP contribution is 2.36. The fourth-order valence-electron chi connectivity index (χ4n) is 2.91. The molecular formula is C16H19N3O3. The Bertz CT molecular complexity index is 773. The molecule has 2 heterocycles. The van der Waals surface area contributed by atoms with E-state index in [-0.39, 0.29) is 29.8 Å². The van der Waals surface area contributed by atoms with Gasteiger partial charge in [-0.05, 0) is 31.5 Å². The molecule has 1 aromatic heterocycles. The van der Waals surface area contributed by atoms with Crippen molar-refractivity contribution < 1.29 is 9.53 Å². The summed E-state index contributed by atoms with van der Waals surface area (Å²) in [5, 5.41) is 5.64. The van der Waals surface area contributed by atoms with Crippen molar-refractivity contribution in [1.29, 1.82) is 0 Å². The minimum absolute atomic E-state index is 0.0563. The summed E-state index contributed by atoms with van der Waals surface area (Å²) in [7, 11) is 1.60. The van der Waals surface area contributed by atoms with E-state index in [1.807, 2.05) is 38.1 Å². The first kappa shape index (κ1) is 14.4. The van der Waals surface area contributed by atoms with E-state index in [1.54, 1.807) is 11.8 Å². The fraction of sp³-hybridized carbons (Fsp3) is 0.375. The number of nitrogens with one attached hydrogen (secondary N) is 2. The number of hydrogen-bond acceptors (Lipinski definition) is 3. The second-order valence-electron chi connectivity index (χ2n) is 5.75. The highest BCUT2D eigenvalue weighted by Gasteiger charge is 2.33.